The van der Waals surface area contributed by atoms with Crippen molar-refractivity contribution < 1.29 is 0 Å². The summed E-state index contributed by atoms with van der Waals surface area (Å²) in [6.07, 6.45) is 8.25. The fourth-order valence-corrected chi connectivity index (χ4v) is 3.88. The van der Waals surface area contributed by atoms with Crippen LogP contribution in [0.2, 0.25) is 0 Å². The van der Waals surface area contributed by atoms with Crippen LogP contribution in [0.25, 0.3) is 33.7 Å². The van der Waals surface area contributed by atoms with E-state index in [4.69, 9.17) is 9.97 Å². The first kappa shape index (κ1) is 19.4. The smallest absolute Gasteiger partial charge is 0.180 e. The number of rotatable bonds is 6. The Kier molecular flexibility index (Phi) is 5.41. The summed E-state index contributed by atoms with van der Waals surface area (Å²) in [4.78, 5) is 21.5. The van der Waals surface area contributed by atoms with Gasteiger partial charge < -0.3 is 10.3 Å². The van der Waals surface area contributed by atoms with Gasteiger partial charge in [-0.3, -0.25) is 9.97 Å². The predicted molar refractivity (Wildman–Crippen MR) is 127 cm³/mol. The van der Waals surface area contributed by atoms with Crippen molar-refractivity contribution in [1.29, 1.82) is 0 Å². The lowest BCUT2D eigenvalue weighted by Crippen LogP contribution is -2.08. The van der Waals surface area contributed by atoms with Crippen molar-refractivity contribution >= 4 is 32.7 Å². The quantitative estimate of drug-likeness (QED) is 0.342. The number of H-pyrrole nitrogens is 1. The van der Waals surface area contributed by atoms with Crippen LogP contribution in [0.4, 0.5) is 5.82 Å². The highest BCUT2D eigenvalue weighted by Crippen LogP contribution is 2.25. The van der Waals surface area contributed by atoms with E-state index < -0.39 is 0 Å². The Balaban J connectivity index is 1.43. The van der Waals surface area contributed by atoms with Gasteiger partial charge in [0.25, 0.3) is 0 Å². The molecule has 0 radical (unpaired) electrons. The fourth-order valence-electron chi connectivity index (χ4n) is 3.51. The number of pyridine rings is 2. The van der Waals surface area contributed by atoms with Crippen molar-refractivity contribution in [3.8, 4) is 22.8 Å². The van der Waals surface area contributed by atoms with Gasteiger partial charge in [-0.15, -0.1) is 0 Å². The molecule has 0 saturated carbocycles. The van der Waals surface area contributed by atoms with E-state index >= 15 is 0 Å². The molecule has 4 aromatic heterocycles. The monoisotopic (exact) mass is 470 g/mol. The van der Waals surface area contributed by atoms with Crippen molar-refractivity contribution in [3.63, 3.8) is 0 Å². The molecule has 0 fully saturated rings. The average Bonchev–Trinajstić information content (AvgIpc) is 3.23. The van der Waals surface area contributed by atoms with Gasteiger partial charge in [-0.05, 0) is 52.2 Å². The molecule has 0 unspecified atom stereocenters. The summed E-state index contributed by atoms with van der Waals surface area (Å²) in [7, 11) is 0. The van der Waals surface area contributed by atoms with E-state index in [-0.39, 0.29) is 0 Å². The zero-order valence-electron chi connectivity index (χ0n) is 16.6. The van der Waals surface area contributed by atoms with Gasteiger partial charge in [0.05, 0.1) is 5.69 Å². The summed E-state index contributed by atoms with van der Waals surface area (Å²) in [5.41, 5.74) is 4.86. The molecule has 1 aromatic carbocycles. The minimum Gasteiger partial charge on any atom is -0.370 e. The molecule has 0 aliphatic heterocycles. The minimum atomic E-state index is 0.577. The Bertz CT molecular complexity index is 1330. The maximum Gasteiger partial charge on any atom is 0.180 e. The molecule has 4 heterocycles. The normalized spacial score (nSPS) is 11.0. The highest BCUT2D eigenvalue weighted by Gasteiger charge is 2.11. The number of aromatic nitrogens is 5. The van der Waals surface area contributed by atoms with Crippen LogP contribution in [-0.2, 0) is 6.42 Å². The number of aromatic amines is 1. The summed E-state index contributed by atoms with van der Waals surface area (Å²) >= 11 is 3.49. The first-order valence-corrected chi connectivity index (χ1v) is 10.8. The van der Waals surface area contributed by atoms with Crippen molar-refractivity contribution in [3.05, 3.63) is 89.4 Å². The average molecular weight is 471 g/mol. The molecular formula is C24H19BrN6. The molecular weight excluding hydrogens is 452 g/mol. The van der Waals surface area contributed by atoms with Crippen molar-refractivity contribution in [2.45, 2.75) is 6.42 Å². The van der Waals surface area contributed by atoms with E-state index in [1.165, 1.54) is 10.9 Å². The molecule has 0 bridgehead atoms. The number of hydrogen-bond acceptors (Lipinski definition) is 5. The molecule has 0 atom stereocenters. The van der Waals surface area contributed by atoms with Crippen LogP contribution in [0.15, 0.2) is 83.9 Å². The van der Waals surface area contributed by atoms with E-state index in [2.05, 4.69) is 60.6 Å². The van der Waals surface area contributed by atoms with Gasteiger partial charge in [-0.1, -0.05) is 24.3 Å². The Morgan fingerprint density at radius 2 is 1.84 bits per heavy atom. The summed E-state index contributed by atoms with van der Waals surface area (Å²) in [6.45, 7) is 0.747. The van der Waals surface area contributed by atoms with Crippen LogP contribution in [0.3, 0.4) is 0 Å². The largest absolute Gasteiger partial charge is 0.370 e. The molecule has 0 saturated heterocycles. The standard InChI is InChI=1S/C24H19BrN6/c25-18-11-17(13-26-15-18)22-12-23(31-24(30-22)21-7-3-4-9-27-21)28-10-8-16-14-29-20-6-2-1-5-19(16)20/h1-7,9,11-15,29H,8,10H2,(H,28,30,31). The third-order valence-electron chi connectivity index (χ3n) is 5.00. The molecule has 6 nitrogen and oxygen atoms in total. The second-order valence-electron chi connectivity index (χ2n) is 7.11. The third kappa shape index (κ3) is 4.32. The zero-order valence-corrected chi connectivity index (χ0v) is 18.2. The Labute approximate surface area is 188 Å². The van der Waals surface area contributed by atoms with Crippen LogP contribution < -0.4 is 5.32 Å². The molecule has 5 rings (SSSR count). The molecule has 0 aliphatic rings. The highest BCUT2D eigenvalue weighted by molar-refractivity contribution is 9.10. The van der Waals surface area contributed by atoms with Crippen molar-refractivity contribution in [2.24, 2.45) is 0 Å². The van der Waals surface area contributed by atoms with E-state index in [1.807, 2.05) is 36.4 Å². The van der Waals surface area contributed by atoms with Gasteiger partial charge in [-0.25, -0.2) is 9.97 Å². The molecule has 0 spiro atoms. The van der Waals surface area contributed by atoms with E-state index in [1.54, 1.807) is 18.6 Å². The van der Waals surface area contributed by atoms with Crippen LogP contribution in [0.1, 0.15) is 5.56 Å². The SMILES string of the molecule is Brc1cncc(-c2cc(NCCc3c[nH]c4ccccc34)nc(-c3ccccn3)n2)c1. The fraction of sp³-hybridized carbons (Fsp3) is 0.0833. The lowest BCUT2D eigenvalue weighted by Gasteiger charge is -2.10. The second kappa shape index (κ2) is 8.65. The Morgan fingerprint density at radius 1 is 0.935 bits per heavy atom. The molecule has 152 valence electrons. The van der Waals surface area contributed by atoms with Crippen LogP contribution in [0, 0.1) is 0 Å². The molecule has 2 N–H and O–H groups in total. The summed E-state index contributed by atoms with van der Waals surface area (Å²) in [5, 5.41) is 4.71. The highest BCUT2D eigenvalue weighted by atomic mass is 79.9. The molecule has 5 aromatic rings. The third-order valence-corrected chi connectivity index (χ3v) is 5.43. The number of nitrogens with zero attached hydrogens (tertiary/aromatic N) is 4. The first-order valence-electron chi connectivity index (χ1n) is 9.96. The Hall–Kier alpha value is -3.58. The van der Waals surface area contributed by atoms with Gasteiger partial charge >= 0.3 is 0 Å². The molecule has 7 heteroatoms. The number of nitrogens with one attached hydrogen (secondary N) is 2. The molecule has 0 amide bonds. The molecule has 0 aliphatic carbocycles. The van der Waals surface area contributed by atoms with E-state index in [9.17, 15) is 0 Å². The topological polar surface area (TPSA) is 79.4 Å². The van der Waals surface area contributed by atoms with E-state index in [0.29, 0.717) is 5.82 Å². The molecule has 31 heavy (non-hydrogen) atoms. The summed E-state index contributed by atoms with van der Waals surface area (Å²) in [6, 6.07) is 18.0. The number of para-hydroxylation sites is 1. The van der Waals surface area contributed by atoms with Crippen molar-refractivity contribution in [1.82, 2.24) is 24.9 Å². The number of benzene rings is 1. The second-order valence-corrected chi connectivity index (χ2v) is 8.02. The number of halogens is 1. The van der Waals surface area contributed by atoms with Crippen LogP contribution in [-0.4, -0.2) is 31.5 Å². The van der Waals surface area contributed by atoms with E-state index in [0.717, 1.165) is 45.7 Å². The Morgan fingerprint density at radius 3 is 2.71 bits per heavy atom. The lowest BCUT2D eigenvalue weighted by molar-refractivity contribution is 1.01. The summed E-state index contributed by atoms with van der Waals surface area (Å²) in [5.74, 6) is 1.33. The summed E-state index contributed by atoms with van der Waals surface area (Å²) < 4.78 is 0.900. The van der Waals surface area contributed by atoms with Crippen molar-refractivity contribution in [2.75, 3.05) is 11.9 Å². The lowest BCUT2D eigenvalue weighted by atomic mass is 10.1. The van der Waals surface area contributed by atoms with Crippen LogP contribution in [0.5, 0.6) is 0 Å². The number of fused-ring (bicyclic) bond motifs is 1. The van der Waals surface area contributed by atoms with Gasteiger partial charge in [0.15, 0.2) is 5.82 Å². The number of hydrogen-bond donors (Lipinski definition) is 2. The van der Waals surface area contributed by atoms with Gasteiger partial charge in [0.2, 0.25) is 0 Å². The van der Waals surface area contributed by atoms with Crippen LogP contribution >= 0.6 is 15.9 Å². The minimum absolute atomic E-state index is 0.577. The zero-order chi connectivity index (χ0) is 21.0. The predicted octanol–water partition coefficient (Wildman–Crippen LogP) is 5.50. The maximum atomic E-state index is 4.73. The number of anilines is 1. The van der Waals surface area contributed by atoms with Gasteiger partial charge in [-0.2, -0.15) is 0 Å². The van der Waals surface area contributed by atoms with Gasteiger partial charge in [0.1, 0.15) is 11.5 Å². The van der Waals surface area contributed by atoms with Gasteiger partial charge in [0, 0.05) is 58.3 Å². The maximum absolute atomic E-state index is 4.73. The first-order chi connectivity index (χ1) is 15.3.